The number of rotatable bonds is 7. The zero-order valence-corrected chi connectivity index (χ0v) is 22.7. The number of nitrogens with zero attached hydrogens (tertiary/aromatic N) is 2. The molecule has 6 rings (SSSR count). The normalized spacial score (nSPS) is 21.3. The molecule has 1 aliphatic carbocycles. The van der Waals surface area contributed by atoms with Gasteiger partial charge in [-0.05, 0) is 78.8 Å². The third-order valence-electron chi connectivity index (χ3n) is 8.75. The number of amides is 1. The number of carbonyl (C=O) groups excluding carboxylic acids is 1. The zero-order valence-electron chi connectivity index (χ0n) is 22.7. The maximum atomic E-state index is 13.9. The quantitative estimate of drug-likeness (QED) is 0.349. The smallest absolute Gasteiger partial charge is 0.254 e. The maximum Gasteiger partial charge on any atom is 0.254 e. The number of hydrogen-bond donors (Lipinski definition) is 0. The molecule has 39 heavy (non-hydrogen) atoms. The standard InChI is InChI=1S/C33H37FN2O3/c1-23-7-5-6-10-29(23)30-21-35(18-24-11-16-31-32(17-24)39-22-38-31)19-26(30)20-36(28-8-3-2-4-9-28)33(37)25-12-14-27(34)15-13-25/h5-7,10-17,26,28,30H,2-4,8-9,18-22H2,1H3/t26-,30-/m0/s1. The number of carbonyl (C=O) groups is 1. The second kappa shape index (κ2) is 11.4. The molecular formula is C33H37FN2O3. The van der Waals surface area contributed by atoms with Crippen LogP contribution in [0.15, 0.2) is 66.7 Å². The largest absolute Gasteiger partial charge is 0.454 e. The van der Waals surface area contributed by atoms with Gasteiger partial charge in [0.1, 0.15) is 5.82 Å². The Bertz CT molecular complexity index is 1300. The molecule has 0 radical (unpaired) electrons. The third kappa shape index (κ3) is 5.67. The Morgan fingerprint density at radius 3 is 2.51 bits per heavy atom. The van der Waals surface area contributed by atoms with E-state index >= 15 is 0 Å². The molecule has 2 aliphatic heterocycles. The van der Waals surface area contributed by atoms with E-state index in [1.165, 1.54) is 35.2 Å². The van der Waals surface area contributed by atoms with Gasteiger partial charge in [-0.1, -0.05) is 49.6 Å². The van der Waals surface area contributed by atoms with Crippen molar-refractivity contribution in [3.63, 3.8) is 0 Å². The van der Waals surface area contributed by atoms with Crippen LogP contribution in [-0.4, -0.2) is 48.2 Å². The molecule has 3 aromatic carbocycles. The maximum absolute atomic E-state index is 13.9. The van der Waals surface area contributed by atoms with Gasteiger partial charge in [0, 0.05) is 43.7 Å². The van der Waals surface area contributed by atoms with Crippen molar-refractivity contribution in [3.05, 3.63) is 94.8 Å². The fourth-order valence-electron chi connectivity index (χ4n) is 6.73. The van der Waals surface area contributed by atoms with Gasteiger partial charge < -0.3 is 14.4 Å². The Hall–Kier alpha value is -3.38. The molecule has 3 aliphatic rings. The molecule has 2 heterocycles. The fourth-order valence-corrected chi connectivity index (χ4v) is 6.73. The van der Waals surface area contributed by atoms with E-state index in [2.05, 4.69) is 53.1 Å². The van der Waals surface area contributed by atoms with Crippen LogP contribution in [-0.2, 0) is 6.54 Å². The van der Waals surface area contributed by atoms with Crippen LogP contribution in [0.3, 0.4) is 0 Å². The van der Waals surface area contributed by atoms with E-state index in [1.54, 1.807) is 12.1 Å². The highest BCUT2D eigenvalue weighted by Crippen LogP contribution is 2.38. The topological polar surface area (TPSA) is 42.0 Å². The van der Waals surface area contributed by atoms with Crippen molar-refractivity contribution in [3.8, 4) is 11.5 Å². The van der Waals surface area contributed by atoms with Gasteiger partial charge in [-0.25, -0.2) is 4.39 Å². The Kier molecular flexibility index (Phi) is 7.55. The van der Waals surface area contributed by atoms with E-state index in [1.807, 2.05) is 6.07 Å². The highest BCUT2D eigenvalue weighted by molar-refractivity contribution is 5.94. The summed E-state index contributed by atoms with van der Waals surface area (Å²) in [5.74, 6) is 1.95. The molecule has 6 heteroatoms. The lowest BCUT2D eigenvalue weighted by atomic mass is 9.85. The zero-order chi connectivity index (χ0) is 26.8. The summed E-state index contributed by atoms with van der Waals surface area (Å²) in [6, 6.07) is 21.2. The van der Waals surface area contributed by atoms with Crippen LogP contribution in [0.25, 0.3) is 0 Å². The molecule has 0 N–H and O–H groups in total. The number of hydrogen-bond acceptors (Lipinski definition) is 4. The van der Waals surface area contributed by atoms with Crippen LogP contribution in [0.4, 0.5) is 4.39 Å². The minimum Gasteiger partial charge on any atom is -0.454 e. The summed E-state index contributed by atoms with van der Waals surface area (Å²) in [7, 11) is 0. The summed E-state index contributed by atoms with van der Waals surface area (Å²) in [5, 5.41) is 0. The molecule has 1 saturated carbocycles. The molecule has 0 aromatic heterocycles. The highest BCUT2D eigenvalue weighted by atomic mass is 19.1. The van der Waals surface area contributed by atoms with E-state index in [0.29, 0.717) is 23.9 Å². The highest BCUT2D eigenvalue weighted by Gasteiger charge is 2.38. The summed E-state index contributed by atoms with van der Waals surface area (Å²) < 4.78 is 24.8. The first-order valence-electron chi connectivity index (χ1n) is 14.3. The van der Waals surface area contributed by atoms with Crippen LogP contribution in [0, 0.1) is 18.7 Å². The monoisotopic (exact) mass is 528 g/mol. The van der Waals surface area contributed by atoms with E-state index in [0.717, 1.165) is 56.8 Å². The molecule has 1 amide bonds. The Morgan fingerprint density at radius 1 is 0.949 bits per heavy atom. The minimum atomic E-state index is -0.315. The lowest BCUT2D eigenvalue weighted by molar-refractivity contribution is 0.0588. The van der Waals surface area contributed by atoms with Crippen LogP contribution in [0.2, 0.25) is 0 Å². The van der Waals surface area contributed by atoms with E-state index in [4.69, 9.17) is 9.47 Å². The Morgan fingerprint density at radius 2 is 1.72 bits per heavy atom. The van der Waals surface area contributed by atoms with Gasteiger partial charge in [0.15, 0.2) is 11.5 Å². The average molecular weight is 529 g/mol. The molecule has 0 unspecified atom stereocenters. The van der Waals surface area contributed by atoms with Gasteiger partial charge in [-0.15, -0.1) is 0 Å². The minimum absolute atomic E-state index is 0.0275. The van der Waals surface area contributed by atoms with E-state index in [9.17, 15) is 9.18 Å². The van der Waals surface area contributed by atoms with Gasteiger partial charge in [0.05, 0.1) is 0 Å². The lowest BCUT2D eigenvalue weighted by Gasteiger charge is -2.37. The Labute approximate surface area is 230 Å². The number of fused-ring (bicyclic) bond motifs is 1. The van der Waals surface area contributed by atoms with Crippen molar-refractivity contribution in [1.29, 1.82) is 0 Å². The van der Waals surface area contributed by atoms with Crippen molar-refractivity contribution in [1.82, 2.24) is 9.80 Å². The number of benzene rings is 3. The van der Waals surface area contributed by atoms with Gasteiger partial charge >= 0.3 is 0 Å². The molecule has 0 bridgehead atoms. The lowest BCUT2D eigenvalue weighted by Crippen LogP contribution is -2.45. The van der Waals surface area contributed by atoms with Crippen LogP contribution >= 0.6 is 0 Å². The van der Waals surface area contributed by atoms with Crippen molar-refractivity contribution in [2.24, 2.45) is 5.92 Å². The predicted molar refractivity (Wildman–Crippen MR) is 150 cm³/mol. The van der Waals surface area contributed by atoms with Crippen molar-refractivity contribution in [2.45, 2.75) is 57.5 Å². The first kappa shape index (κ1) is 25.9. The first-order valence-corrected chi connectivity index (χ1v) is 14.3. The summed E-state index contributed by atoms with van der Waals surface area (Å²) >= 11 is 0. The van der Waals surface area contributed by atoms with Crippen molar-refractivity contribution < 1.29 is 18.7 Å². The second-order valence-corrected chi connectivity index (χ2v) is 11.4. The van der Waals surface area contributed by atoms with Crippen molar-refractivity contribution >= 4 is 5.91 Å². The van der Waals surface area contributed by atoms with Crippen LogP contribution < -0.4 is 9.47 Å². The number of likely N-dealkylation sites (tertiary alicyclic amines) is 1. The molecule has 2 fully saturated rings. The molecule has 204 valence electrons. The fraction of sp³-hybridized carbons (Fsp3) is 0.424. The summed E-state index contributed by atoms with van der Waals surface area (Å²) in [6.45, 7) is 5.84. The third-order valence-corrected chi connectivity index (χ3v) is 8.75. The van der Waals surface area contributed by atoms with E-state index < -0.39 is 0 Å². The molecule has 3 aromatic rings. The number of ether oxygens (including phenoxy) is 2. The number of halogens is 1. The van der Waals surface area contributed by atoms with E-state index in [-0.39, 0.29) is 24.6 Å². The Balaban J connectivity index is 1.27. The number of aryl methyl sites for hydroxylation is 1. The summed E-state index contributed by atoms with van der Waals surface area (Å²) in [5.41, 5.74) is 4.44. The predicted octanol–water partition coefficient (Wildman–Crippen LogP) is 6.55. The molecular weight excluding hydrogens is 491 g/mol. The molecule has 5 nitrogen and oxygen atoms in total. The van der Waals surface area contributed by atoms with Crippen LogP contribution in [0.1, 0.15) is 65.1 Å². The van der Waals surface area contributed by atoms with Gasteiger partial charge in [-0.2, -0.15) is 0 Å². The first-order chi connectivity index (χ1) is 19.0. The van der Waals surface area contributed by atoms with Gasteiger partial charge in [0.25, 0.3) is 5.91 Å². The summed E-state index contributed by atoms with van der Waals surface area (Å²) in [6.07, 6.45) is 5.61. The SMILES string of the molecule is Cc1ccccc1[C@H]1CN(Cc2ccc3c(c2)OCO3)C[C@H]1CN(C(=O)c1ccc(F)cc1)C1CCCCC1. The van der Waals surface area contributed by atoms with Gasteiger partial charge in [0.2, 0.25) is 6.79 Å². The molecule has 1 saturated heterocycles. The second-order valence-electron chi connectivity index (χ2n) is 11.4. The van der Waals surface area contributed by atoms with Gasteiger partial charge in [-0.3, -0.25) is 9.69 Å². The average Bonchev–Trinajstić information content (AvgIpc) is 3.59. The molecule has 2 atom stereocenters. The van der Waals surface area contributed by atoms with Crippen LogP contribution in [0.5, 0.6) is 11.5 Å². The van der Waals surface area contributed by atoms with Crippen molar-refractivity contribution in [2.75, 3.05) is 26.4 Å². The molecule has 0 spiro atoms. The summed E-state index contributed by atoms with van der Waals surface area (Å²) in [4.78, 5) is 18.5.